The second-order valence-corrected chi connectivity index (χ2v) is 3.89. The van der Waals surface area contributed by atoms with Crippen LogP contribution in [-0.4, -0.2) is 39.4 Å². The van der Waals surface area contributed by atoms with Crippen LogP contribution in [0.25, 0.3) is 0 Å². The second-order valence-electron chi connectivity index (χ2n) is 3.89. The summed E-state index contributed by atoms with van der Waals surface area (Å²) in [7, 11) is 0. The highest BCUT2D eigenvalue weighted by molar-refractivity contribution is 5.65. The van der Waals surface area contributed by atoms with E-state index in [1.54, 1.807) is 12.3 Å². The maximum atomic E-state index is 11.5. The van der Waals surface area contributed by atoms with Gasteiger partial charge in [-0.2, -0.15) is 5.10 Å². The van der Waals surface area contributed by atoms with Crippen molar-refractivity contribution in [3.05, 3.63) is 28.2 Å². The van der Waals surface area contributed by atoms with E-state index in [0.717, 1.165) is 0 Å². The standard InChI is InChI=1S/C10H13N3O3/c14-9-8(1-4-11-12-9)7-2-5-13(6-3-7)10(15)16/h1,4,7H,2-3,5-6H2,(H,12,14)(H,15,16). The van der Waals surface area contributed by atoms with Gasteiger partial charge in [0, 0.05) is 24.8 Å². The Bertz CT molecular complexity index is 435. The maximum Gasteiger partial charge on any atom is 0.407 e. The number of nitrogens with one attached hydrogen (secondary N) is 1. The summed E-state index contributed by atoms with van der Waals surface area (Å²) in [6.45, 7) is 0.976. The van der Waals surface area contributed by atoms with Crippen molar-refractivity contribution in [3.63, 3.8) is 0 Å². The summed E-state index contributed by atoms with van der Waals surface area (Å²) in [5, 5.41) is 14.8. The maximum absolute atomic E-state index is 11.5. The molecular formula is C10H13N3O3. The number of hydrogen-bond donors (Lipinski definition) is 2. The van der Waals surface area contributed by atoms with Crippen LogP contribution in [0.1, 0.15) is 24.3 Å². The number of H-pyrrole nitrogens is 1. The van der Waals surface area contributed by atoms with E-state index >= 15 is 0 Å². The van der Waals surface area contributed by atoms with Gasteiger partial charge < -0.3 is 10.0 Å². The molecule has 0 radical (unpaired) electrons. The first-order valence-corrected chi connectivity index (χ1v) is 5.20. The lowest BCUT2D eigenvalue weighted by molar-refractivity contribution is 0.132. The monoisotopic (exact) mass is 223 g/mol. The molecule has 0 aliphatic carbocycles. The van der Waals surface area contributed by atoms with Gasteiger partial charge in [0.1, 0.15) is 0 Å². The first-order chi connectivity index (χ1) is 7.68. The molecule has 2 N–H and O–H groups in total. The molecule has 16 heavy (non-hydrogen) atoms. The van der Waals surface area contributed by atoms with Gasteiger partial charge in [-0.3, -0.25) is 4.79 Å². The fraction of sp³-hybridized carbons (Fsp3) is 0.500. The first kappa shape index (κ1) is 10.7. The van der Waals surface area contributed by atoms with Gasteiger partial charge in [-0.05, 0) is 24.8 Å². The zero-order chi connectivity index (χ0) is 11.5. The quantitative estimate of drug-likeness (QED) is 0.731. The van der Waals surface area contributed by atoms with Crippen molar-refractivity contribution < 1.29 is 9.90 Å². The van der Waals surface area contributed by atoms with Gasteiger partial charge in [0.15, 0.2) is 0 Å². The topological polar surface area (TPSA) is 86.3 Å². The normalized spacial score (nSPS) is 17.4. The third-order valence-electron chi connectivity index (χ3n) is 2.96. The first-order valence-electron chi connectivity index (χ1n) is 5.20. The highest BCUT2D eigenvalue weighted by Crippen LogP contribution is 2.25. The van der Waals surface area contributed by atoms with E-state index in [-0.39, 0.29) is 11.5 Å². The molecule has 1 aliphatic rings. The molecule has 6 nitrogen and oxygen atoms in total. The minimum atomic E-state index is -0.887. The molecule has 1 amide bonds. The molecule has 0 aromatic carbocycles. The lowest BCUT2D eigenvalue weighted by atomic mass is 9.91. The third kappa shape index (κ3) is 2.05. The van der Waals surface area contributed by atoms with Crippen LogP contribution in [0.3, 0.4) is 0 Å². The van der Waals surface area contributed by atoms with Gasteiger partial charge in [0.2, 0.25) is 0 Å². The van der Waals surface area contributed by atoms with E-state index < -0.39 is 6.09 Å². The molecule has 0 bridgehead atoms. The molecule has 6 heteroatoms. The number of carbonyl (C=O) groups is 1. The Kier molecular flexibility index (Phi) is 2.89. The number of aromatic amines is 1. The summed E-state index contributed by atoms with van der Waals surface area (Å²) in [4.78, 5) is 23.6. The number of piperidine rings is 1. The van der Waals surface area contributed by atoms with Crippen molar-refractivity contribution in [2.24, 2.45) is 0 Å². The molecule has 86 valence electrons. The molecule has 0 spiro atoms. The van der Waals surface area contributed by atoms with Crippen molar-refractivity contribution in [2.75, 3.05) is 13.1 Å². The molecule has 1 aromatic heterocycles. The Morgan fingerprint density at radius 3 is 2.75 bits per heavy atom. The Balaban J connectivity index is 2.08. The molecule has 1 fully saturated rings. The van der Waals surface area contributed by atoms with E-state index in [1.165, 1.54) is 4.90 Å². The number of nitrogens with zero attached hydrogens (tertiary/aromatic N) is 2. The van der Waals surface area contributed by atoms with Gasteiger partial charge in [-0.25, -0.2) is 9.89 Å². The smallest absolute Gasteiger partial charge is 0.407 e. The molecular weight excluding hydrogens is 210 g/mol. The van der Waals surface area contributed by atoms with Crippen molar-refractivity contribution in [1.29, 1.82) is 0 Å². The van der Waals surface area contributed by atoms with E-state index in [9.17, 15) is 9.59 Å². The number of likely N-dealkylation sites (tertiary alicyclic amines) is 1. The van der Waals surface area contributed by atoms with Gasteiger partial charge in [0.05, 0.1) is 0 Å². The molecule has 0 saturated carbocycles. The highest BCUT2D eigenvalue weighted by Gasteiger charge is 2.24. The van der Waals surface area contributed by atoms with E-state index in [4.69, 9.17) is 5.11 Å². The Labute approximate surface area is 91.9 Å². The van der Waals surface area contributed by atoms with Gasteiger partial charge >= 0.3 is 6.09 Å². The van der Waals surface area contributed by atoms with Gasteiger partial charge in [-0.1, -0.05) is 0 Å². The van der Waals surface area contributed by atoms with Crippen molar-refractivity contribution in [2.45, 2.75) is 18.8 Å². The predicted molar refractivity (Wildman–Crippen MR) is 56.4 cm³/mol. The van der Waals surface area contributed by atoms with Gasteiger partial charge in [-0.15, -0.1) is 0 Å². The van der Waals surface area contributed by atoms with Crippen LogP contribution in [-0.2, 0) is 0 Å². The summed E-state index contributed by atoms with van der Waals surface area (Å²) in [6.07, 6.45) is 2.06. The van der Waals surface area contributed by atoms with Crippen LogP contribution in [0, 0.1) is 0 Å². The van der Waals surface area contributed by atoms with Crippen LogP contribution in [0.2, 0.25) is 0 Å². The Morgan fingerprint density at radius 1 is 1.50 bits per heavy atom. The van der Waals surface area contributed by atoms with E-state index in [2.05, 4.69) is 10.2 Å². The summed E-state index contributed by atoms with van der Waals surface area (Å²) in [5.41, 5.74) is 0.538. The number of amides is 1. The Morgan fingerprint density at radius 2 is 2.19 bits per heavy atom. The molecule has 2 rings (SSSR count). The minimum absolute atomic E-state index is 0.141. The number of carboxylic acid groups (broad SMARTS) is 1. The minimum Gasteiger partial charge on any atom is -0.465 e. The number of aromatic nitrogens is 2. The van der Waals surface area contributed by atoms with Crippen molar-refractivity contribution in [1.82, 2.24) is 15.1 Å². The van der Waals surface area contributed by atoms with Crippen LogP contribution in [0.15, 0.2) is 17.1 Å². The fourth-order valence-electron chi connectivity index (χ4n) is 2.06. The zero-order valence-corrected chi connectivity index (χ0v) is 8.72. The average Bonchev–Trinajstić information content (AvgIpc) is 2.30. The SMILES string of the molecule is O=C(O)N1CCC(c2ccn[nH]c2=O)CC1. The van der Waals surface area contributed by atoms with E-state index in [0.29, 0.717) is 31.5 Å². The van der Waals surface area contributed by atoms with E-state index in [1.807, 2.05) is 0 Å². The lowest BCUT2D eigenvalue weighted by Gasteiger charge is -2.29. The zero-order valence-electron chi connectivity index (χ0n) is 8.72. The second kappa shape index (κ2) is 4.34. The molecule has 1 aromatic rings. The van der Waals surface area contributed by atoms with Gasteiger partial charge in [0.25, 0.3) is 5.56 Å². The Hall–Kier alpha value is -1.85. The van der Waals surface area contributed by atoms with Crippen molar-refractivity contribution >= 4 is 6.09 Å². The molecule has 1 aliphatic heterocycles. The summed E-state index contributed by atoms with van der Waals surface area (Å²) in [6, 6.07) is 1.71. The van der Waals surface area contributed by atoms with Crippen LogP contribution in [0.4, 0.5) is 4.79 Å². The fourth-order valence-corrected chi connectivity index (χ4v) is 2.06. The molecule has 1 saturated heterocycles. The highest BCUT2D eigenvalue weighted by atomic mass is 16.4. The largest absolute Gasteiger partial charge is 0.465 e. The molecule has 2 heterocycles. The predicted octanol–water partition coefficient (Wildman–Crippen LogP) is 0.627. The third-order valence-corrected chi connectivity index (χ3v) is 2.96. The van der Waals surface area contributed by atoms with Crippen LogP contribution in [0.5, 0.6) is 0 Å². The summed E-state index contributed by atoms with van der Waals surface area (Å²) < 4.78 is 0. The number of rotatable bonds is 1. The van der Waals surface area contributed by atoms with Crippen LogP contribution < -0.4 is 5.56 Å². The lowest BCUT2D eigenvalue weighted by Crippen LogP contribution is -2.37. The summed E-state index contributed by atoms with van der Waals surface area (Å²) >= 11 is 0. The number of hydrogen-bond acceptors (Lipinski definition) is 3. The molecule has 0 unspecified atom stereocenters. The van der Waals surface area contributed by atoms with Crippen LogP contribution >= 0.6 is 0 Å². The summed E-state index contributed by atoms with van der Waals surface area (Å²) in [5.74, 6) is 0.141. The van der Waals surface area contributed by atoms with Crippen molar-refractivity contribution in [3.8, 4) is 0 Å². The average molecular weight is 223 g/mol. The molecule has 0 atom stereocenters.